The monoisotopic (exact) mass is 458 g/mol. The third-order valence-electron chi connectivity index (χ3n) is 5.28. The standard InChI is InChI=1S/C24H24Cl2N2O3/c1-15(29)24(2,3)30-14-18-13-22(16-5-4-6-20(11-16)31-19-8-9-19)28(27-18)23-12-17(25)7-10-21(23)26/h4-7,10-13,19H,8-9,14H2,1-3H3. The Kier molecular flexibility index (Phi) is 6.11. The number of carbonyl (C=O) groups is 1. The summed E-state index contributed by atoms with van der Waals surface area (Å²) in [5, 5.41) is 5.80. The van der Waals surface area contributed by atoms with Crippen molar-refractivity contribution in [3.05, 3.63) is 64.3 Å². The summed E-state index contributed by atoms with van der Waals surface area (Å²) in [6.07, 6.45) is 2.49. The number of hydrogen-bond donors (Lipinski definition) is 0. The van der Waals surface area contributed by atoms with Crippen molar-refractivity contribution in [2.75, 3.05) is 0 Å². The molecule has 0 spiro atoms. The molecule has 3 aromatic rings. The number of benzene rings is 2. The molecular weight excluding hydrogens is 435 g/mol. The van der Waals surface area contributed by atoms with E-state index in [0.717, 1.165) is 29.8 Å². The van der Waals surface area contributed by atoms with Gasteiger partial charge in [-0.1, -0.05) is 35.3 Å². The molecule has 0 unspecified atom stereocenters. The van der Waals surface area contributed by atoms with Gasteiger partial charge < -0.3 is 9.47 Å². The SMILES string of the molecule is CC(=O)C(C)(C)OCc1cc(-c2cccc(OC3CC3)c2)n(-c2cc(Cl)ccc2Cl)n1. The molecule has 0 amide bonds. The summed E-state index contributed by atoms with van der Waals surface area (Å²) < 4.78 is 13.6. The molecule has 1 aromatic heterocycles. The highest BCUT2D eigenvalue weighted by atomic mass is 35.5. The fraction of sp³-hybridized carbons (Fsp3) is 0.333. The fourth-order valence-electron chi connectivity index (χ4n) is 3.00. The number of hydrogen-bond acceptors (Lipinski definition) is 4. The van der Waals surface area contributed by atoms with Gasteiger partial charge in [0.1, 0.15) is 11.4 Å². The molecule has 1 heterocycles. The number of rotatable bonds is 8. The van der Waals surface area contributed by atoms with Crippen molar-refractivity contribution in [2.24, 2.45) is 0 Å². The molecule has 5 nitrogen and oxygen atoms in total. The molecule has 1 fully saturated rings. The van der Waals surface area contributed by atoms with Crippen molar-refractivity contribution in [3.8, 4) is 22.7 Å². The summed E-state index contributed by atoms with van der Waals surface area (Å²) in [6.45, 7) is 5.20. The largest absolute Gasteiger partial charge is 0.490 e. The summed E-state index contributed by atoms with van der Waals surface area (Å²) in [5.41, 5.74) is 2.20. The normalized spacial score (nSPS) is 14.0. The van der Waals surface area contributed by atoms with Gasteiger partial charge >= 0.3 is 0 Å². The topological polar surface area (TPSA) is 53.4 Å². The van der Waals surface area contributed by atoms with Gasteiger partial charge in [-0.2, -0.15) is 5.10 Å². The molecule has 0 N–H and O–H groups in total. The van der Waals surface area contributed by atoms with E-state index in [0.29, 0.717) is 27.5 Å². The Morgan fingerprint density at radius 2 is 1.94 bits per heavy atom. The Morgan fingerprint density at radius 1 is 1.16 bits per heavy atom. The van der Waals surface area contributed by atoms with Crippen LogP contribution in [0.2, 0.25) is 10.0 Å². The van der Waals surface area contributed by atoms with Crippen LogP contribution < -0.4 is 4.74 Å². The van der Waals surface area contributed by atoms with Crippen molar-refractivity contribution in [3.63, 3.8) is 0 Å². The zero-order valence-electron chi connectivity index (χ0n) is 17.7. The summed E-state index contributed by atoms with van der Waals surface area (Å²) in [5.74, 6) is 0.774. The lowest BCUT2D eigenvalue weighted by atomic mass is 10.1. The lowest BCUT2D eigenvalue weighted by Crippen LogP contribution is -2.32. The second-order valence-electron chi connectivity index (χ2n) is 8.23. The zero-order valence-corrected chi connectivity index (χ0v) is 19.2. The van der Waals surface area contributed by atoms with E-state index in [2.05, 4.69) is 0 Å². The molecule has 1 saturated carbocycles. The highest BCUT2D eigenvalue weighted by Crippen LogP contribution is 2.33. The van der Waals surface area contributed by atoms with Crippen LogP contribution in [0.4, 0.5) is 0 Å². The van der Waals surface area contributed by atoms with E-state index in [1.807, 2.05) is 30.3 Å². The van der Waals surface area contributed by atoms with Crippen LogP contribution in [-0.2, 0) is 16.1 Å². The molecule has 7 heteroatoms. The van der Waals surface area contributed by atoms with Gasteiger partial charge in [-0.3, -0.25) is 4.79 Å². The maximum Gasteiger partial charge on any atom is 0.161 e. The van der Waals surface area contributed by atoms with E-state index in [1.54, 1.807) is 36.7 Å². The number of nitrogens with zero attached hydrogens (tertiary/aromatic N) is 2. The van der Waals surface area contributed by atoms with Crippen molar-refractivity contribution >= 4 is 29.0 Å². The molecule has 0 bridgehead atoms. The maximum absolute atomic E-state index is 11.8. The highest BCUT2D eigenvalue weighted by Gasteiger charge is 2.26. The van der Waals surface area contributed by atoms with Crippen molar-refractivity contribution in [2.45, 2.75) is 51.9 Å². The van der Waals surface area contributed by atoms with Gasteiger partial charge in [-0.05, 0) is 70.0 Å². The van der Waals surface area contributed by atoms with E-state index in [9.17, 15) is 4.79 Å². The van der Waals surface area contributed by atoms with Crippen LogP contribution >= 0.6 is 23.2 Å². The molecule has 0 saturated heterocycles. The number of ketones is 1. The number of halogens is 2. The molecule has 1 aliphatic carbocycles. The van der Waals surface area contributed by atoms with Crippen LogP contribution in [0.1, 0.15) is 39.3 Å². The van der Waals surface area contributed by atoms with Crippen LogP contribution in [0, 0.1) is 0 Å². The van der Waals surface area contributed by atoms with Crippen LogP contribution in [0.3, 0.4) is 0 Å². The summed E-state index contributed by atoms with van der Waals surface area (Å²) in [7, 11) is 0. The minimum Gasteiger partial charge on any atom is -0.490 e. The predicted octanol–water partition coefficient (Wildman–Crippen LogP) is 6.27. The first-order valence-electron chi connectivity index (χ1n) is 10.2. The van der Waals surface area contributed by atoms with Gasteiger partial charge in [0.25, 0.3) is 0 Å². The molecule has 2 aromatic carbocycles. The molecular formula is C24H24Cl2N2O3. The average Bonchev–Trinajstić information content (AvgIpc) is 3.44. The first-order valence-corrected chi connectivity index (χ1v) is 10.9. The lowest BCUT2D eigenvalue weighted by Gasteiger charge is -2.21. The van der Waals surface area contributed by atoms with Gasteiger partial charge in [0, 0.05) is 10.6 Å². The average molecular weight is 459 g/mol. The number of aromatic nitrogens is 2. The van der Waals surface area contributed by atoms with Crippen LogP contribution in [0.5, 0.6) is 5.75 Å². The van der Waals surface area contributed by atoms with Crippen LogP contribution in [0.15, 0.2) is 48.5 Å². The van der Waals surface area contributed by atoms with E-state index in [4.69, 9.17) is 37.8 Å². The lowest BCUT2D eigenvalue weighted by molar-refractivity contribution is -0.139. The second-order valence-corrected chi connectivity index (χ2v) is 9.07. The minimum atomic E-state index is -0.893. The number of carbonyl (C=O) groups excluding carboxylic acids is 1. The van der Waals surface area contributed by atoms with Gasteiger partial charge in [0.2, 0.25) is 0 Å². The van der Waals surface area contributed by atoms with Crippen molar-refractivity contribution < 1.29 is 14.3 Å². The summed E-state index contributed by atoms with van der Waals surface area (Å²) >= 11 is 12.7. The van der Waals surface area contributed by atoms with Gasteiger partial charge in [0.15, 0.2) is 5.78 Å². The highest BCUT2D eigenvalue weighted by molar-refractivity contribution is 6.34. The number of ether oxygens (including phenoxy) is 2. The number of Topliss-reactive ketones (excluding diaryl/α,β-unsaturated/α-hetero) is 1. The van der Waals surface area contributed by atoms with Crippen molar-refractivity contribution in [1.82, 2.24) is 9.78 Å². The Morgan fingerprint density at radius 3 is 2.65 bits per heavy atom. The van der Waals surface area contributed by atoms with Gasteiger partial charge in [0.05, 0.1) is 34.8 Å². The first kappa shape index (κ1) is 21.9. The quantitative estimate of drug-likeness (QED) is 0.398. The Hall–Kier alpha value is -2.34. The Balaban J connectivity index is 1.74. The molecule has 0 aliphatic heterocycles. The molecule has 162 valence electrons. The molecule has 1 aliphatic rings. The van der Waals surface area contributed by atoms with E-state index in [1.165, 1.54) is 6.92 Å². The first-order chi connectivity index (χ1) is 14.7. The maximum atomic E-state index is 11.8. The van der Waals surface area contributed by atoms with Crippen LogP contribution in [-0.4, -0.2) is 27.3 Å². The summed E-state index contributed by atoms with van der Waals surface area (Å²) in [6, 6.07) is 15.1. The van der Waals surface area contributed by atoms with E-state index < -0.39 is 5.60 Å². The Labute approximate surface area is 191 Å². The molecule has 4 rings (SSSR count). The molecule has 31 heavy (non-hydrogen) atoms. The van der Waals surface area contributed by atoms with E-state index in [-0.39, 0.29) is 12.4 Å². The smallest absolute Gasteiger partial charge is 0.161 e. The predicted molar refractivity (Wildman–Crippen MR) is 122 cm³/mol. The van der Waals surface area contributed by atoms with E-state index >= 15 is 0 Å². The Bertz CT molecular complexity index is 1120. The molecule has 0 atom stereocenters. The minimum absolute atomic E-state index is 0.0463. The second kappa shape index (κ2) is 8.65. The van der Waals surface area contributed by atoms with Crippen LogP contribution in [0.25, 0.3) is 16.9 Å². The van der Waals surface area contributed by atoms with Gasteiger partial charge in [-0.25, -0.2) is 4.68 Å². The van der Waals surface area contributed by atoms with Crippen molar-refractivity contribution in [1.29, 1.82) is 0 Å². The fourth-order valence-corrected chi connectivity index (χ4v) is 3.37. The third kappa shape index (κ3) is 5.12. The molecule has 0 radical (unpaired) electrons. The van der Waals surface area contributed by atoms with Gasteiger partial charge in [-0.15, -0.1) is 0 Å². The third-order valence-corrected chi connectivity index (χ3v) is 5.84. The summed E-state index contributed by atoms with van der Waals surface area (Å²) in [4.78, 5) is 11.8. The zero-order chi connectivity index (χ0) is 22.2.